The SMILES string of the molecule is COC(=O)CC1(CS(=O)C(C)C(=O)N2CCOCC2)CC1. The molecule has 1 aliphatic carbocycles. The summed E-state index contributed by atoms with van der Waals surface area (Å²) in [6, 6.07) is 0. The Bertz CT molecular complexity index is 429. The monoisotopic (exact) mass is 317 g/mol. The summed E-state index contributed by atoms with van der Waals surface area (Å²) in [6.07, 6.45) is 2.06. The first kappa shape index (κ1) is 16.4. The van der Waals surface area contributed by atoms with E-state index in [0.29, 0.717) is 38.5 Å². The molecule has 2 unspecified atom stereocenters. The first-order valence-electron chi connectivity index (χ1n) is 7.28. The highest BCUT2D eigenvalue weighted by Gasteiger charge is 2.47. The summed E-state index contributed by atoms with van der Waals surface area (Å²) in [7, 11) is 0.0994. The quantitative estimate of drug-likeness (QED) is 0.660. The highest BCUT2D eigenvalue weighted by atomic mass is 32.2. The molecule has 0 aromatic rings. The van der Waals surface area contributed by atoms with Crippen molar-refractivity contribution in [1.29, 1.82) is 0 Å². The second-order valence-electron chi connectivity index (χ2n) is 5.86. The number of esters is 1. The van der Waals surface area contributed by atoms with Crippen molar-refractivity contribution in [2.24, 2.45) is 5.41 Å². The lowest BCUT2D eigenvalue weighted by molar-refractivity contribution is -0.141. The van der Waals surface area contributed by atoms with E-state index in [0.717, 1.165) is 12.8 Å². The third kappa shape index (κ3) is 4.26. The van der Waals surface area contributed by atoms with Gasteiger partial charge in [0, 0.05) is 29.6 Å². The Hall–Kier alpha value is -0.950. The van der Waals surface area contributed by atoms with Crippen LogP contribution in [0.3, 0.4) is 0 Å². The minimum absolute atomic E-state index is 0.0782. The number of ether oxygens (including phenoxy) is 2. The molecule has 2 atom stereocenters. The Labute approximate surface area is 127 Å². The third-order valence-corrected chi connectivity index (χ3v) is 6.10. The Morgan fingerprint density at radius 1 is 1.33 bits per heavy atom. The number of hydrogen-bond acceptors (Lipinski definition) is 5. The van der Waals surface area contributed by atoms with Gasteiger partial charge in [0.25, 0.3) is 0 Å². The van der Waals surface area contributed by atoms with Crippen LogP contribution >= 0.6 is 0 Å². The molecule has 0 spiro atoms. The number of carbonyl (C=O) groups is 2. The van der Waals surface area contributed by atoms with Crippen LogP contribution in [0.5, 0.6) is 0 Å². The predicted molar refractivity (Wildman–Crippen MR) is 78.2 cm³/mol. The average Bonchev–Trinajstić information content (AvgIpc) is 3.25. The van der Waals surface area contributed by atoms with Crippen molar-refractivity contribution < 1.29 is 23.3 Å². The second kappa shape index (κ2) is 6.87. The van der Waals surface area contributed by atoms with Crippen LogP contribution in [0, 0.1) is 5.41 Å². The minimum Gasteiger partial charge on any atom is -0.469 e. The summed E-state index contributed by atoms with van der Waals surface area (Å²) < 4.78 is 22.3. The van der Waals surface area contributed by atoms with Crippen LogP contribution in [0.1, 0.15) is 26.2 Å². The lowest BCUT2D eigenvalue weighted by Gasteiger charge is -2.29. The highest BCUT2D eigenvalue weighted by Crippen LogP contribution is 2.49. The topological polar surface area (TPSA) is 72.9 Å². The van der Waals surface area contributed by atoms with Gasteiger partial charge in [0.2, 0.25) is 5.91 Å². The smallest absolute Gasteiger partial charge is 0.306 e. The van der Waals surface area contributed by atoms with Gasteiger partial charge in [0.15, 0.2) is 0 Å². The van der Waals surface area contributed by atoms with E-state index in [2.05, 4.69) is 4.74 Å². The van der Waals surface area contributed by atoms with Gasteiger partial charge in [-0.15, -0.1) is 0 Å². The van der Waals surface area contributed by atoms with Gasteiger partial charge in [-0.2, -0.15) is 0 Å². The van der Waals surface area contributed by atoms with Gasteiger partial charge in [0.1, 0.15) is 5.25 Å². The van der Waals surface area contributed by atoms with Gasteiger partial charge in [-0.25, -0.2) is 0 Å². The van der Waals surface area contributed by atoms with Gasteiger partial charge < -0.3 is 14.4 Å². The maximum atomic E-state index is 12.4. The van der Waals surface area contributed by atoms with Crippen LogP contribution in [-0.4, -0.2) is 65.4 Å². The number of morpholine rings is 1. The molecule has 1 saturated heterocycles. The fourth-order valence-electron chi connectivity index (χ4n) is 2.51. The van der Waals surface area contributed by atoms with Gasteiger partial charge >= 0.3 is 5.97 Å². The Morgan fingerprint density at radius 3 is 2.48 bits per heavy atom. The van der Waals surface area contributed by atoms with E-state index in [-0.39, 0.29) is 17.3 Å². The number of rotatable bonds is 6. The molecule has 21 heavy (non-hydrogen) atoms. The molecule has 2 aliphatic rings. The van der Waals surface area contributed by atoms with Crippen LogP contribution < -0.4 is 0 Å². The van der Waals surface area contributed by atoms with Crippen molar-refractivity contribution in [3.05, 3.63) is 0 Å². The summed E-state index contributed by atoms with van der Waals surface area (Å²) in [6.45, 7) is 3.91. The lowest BCUT2D eigenvalue weighted by atomic mass is 10.1. The number of carbonyl (C=O) groups excluding carboxylic acids is 2. The Kier molecular flexibility index (Phi) is 5.37. The van der Waals surface area contributed by atoms with E-state index in [1.54, 1.807) is 11.8 Å². The summed E-state index contributed by atoms with van der Waals surface area (Å²) in [5.41, 5.74) is -0.211. The van der Waals surface area contributed by atoms with Gasteiger partial charge in [0.05, 0.1) is 26.7 Å². The van der Waals surface area contributed by atoms with Crippen LogP contribution in [0.25, 0.3) is 0 Å². The van der Waals surface area contributed by atoms with E-state index in [9.17, 15) is 13.8 Å². The molecule has 2 fully saturated rings. The van der Waals surface area contributed by atoms with E-state index >= 15 is 0 Å². The maximum Gasteiger partial charge on any atom is 0.306 e. The summed E-state index contributed by atoms with van der Waals surface area (Å²) >= 11 is 0. The average molecular weight is 317 g/mol. The zero-order chi connectivity index (χ0) is 15.5. The van der Waals surface area contributed by atoms with Crippen molar-refractivity contribution in [1.82, 2.24) is 4.90 Å². The molecule has 6 nitrogen and oxygen atoms in total. The zero-order valence-corrected chi connectivity index (χ0v) is 13.4. The molecule has 120 valence electrons. The van der Waals surface area contributed by atoms with Gasteiger partial charge in [-0.3, -0.25) is 13.8 Å². The molecule has 1 amide bonds. The van der Waals surface area contributed by atoms with E-state index in [1.807, 2.05) is 0 Å². The molecule has 7 heteroatoms. The number of nitrogens with zero attached hydrogens (tertiary/aromatic N) is 1. The van der Waals surface area contributed by atoms with Gasteiger partial charge in [-0.05, 0) is 25.2 Å². The van der Waals surface area contributed by atoms with Crippen LogP contribution in [0.4, 0.5) is 0 Å². The Morgan fingerprint density at radius 2 is 1.95 bits per heavy atom. The van der Waals surface area contributed by atoms with Crippen molar-refractivity contribution in [2.75, 3.05) is 39.2 Å². The molecule has 0 aromatic carbocycles. The van der Waals surface area contributed by atoms with Gasteiger partial charge in [-0.1, -0.05) is 0 Å². The standard InChI is InChI=1S/C14H23NO5S/c1-11(13(17)15-5-7-20-8-6-15)21(18)10-14(3-4-14)9-12(16)19-2/h11H,3-10H2,1-2H3. The number of hydrogen-bond donors (Lipinski definition) is 0. The third-order valence-electron chi connectivity index (χ3n) is 4.22. The number of amides is 1. The maximum absolute atomic E-state index is 12.4. The second-order valence-corrected chi connectivity index (χ2v) is 7.62. The molecule has 0 radical (unpaired) electrons. The van der Waals surface area contributed by atoms with Crippen LogP contribution in [0.15, 0.2) is 0 Å². The van der Waals surface area contributed by atoms with E-state index in [1.165, 1.54) is 7.11 Å². The van der Waals surface area contributed by atoms with Crippen molar-refractivity contribution in [3.8, 4) is 0 Å². The fourth-order valence-corrected chi connectivity index (χ4v) is 4.13. The molecule has 1 aliphatic heterocycles. The molecule has 2 rings (SSSR count). The molecule has 0 aromatic heterocycles. The first-order chi connectivity index (χ1) is 9.97. The summed E-state index contributed by atoms with van der Waals surface area (Å²) in [5, 5.41) is -0.529. The molecule has 0 N–H and O–H groups in total. The lowest BCUT2D eigenvalue weighted by Crippen LogP contribution is -2.46. The van der Waals surface area contributed by atoms with Crippen molar-refractivity contribution >= 4 is 22.7 Å². The number of methoxy groups -OCH3 is 1. The molecule has 1 heterocycles. The normalized spacial score (nSPS) is 23.2. The van der Waals surface area contributed by atoms with E-state index < -0.39 is 16.0 Å². The first-order valence-corrected chi connectivity index (χ1v) is 8.66. The predicted octanol–water partition coefficient (Wildman–Crippen LogP) is 0.326. The minimum atomic E-state index is -1.26. The Balaban J connectivity index is 1.87. The summed E-state index contributed by atoms with van der Waals surface area (Å²) in [5.74, 6) is 0.0569. The van der Waals surface area contributed by atoms with Crippen molar-refractivity contribution in [3.63, 3.8) is 0 Å². The van der Waals surface area contributed by atoms with Crippen molar-refractivity contribution in [2.45, 2.75) is 31.4 Å². The fraction of sp³-hybridized carbons (Fsp3) is 0.857. The molecular weight excluding hydrogens is 294 g/mol. The van der Waals surface area contributed by atoms with E-state index in [4.69, 9.17) is 4.74 Å². The van der Waals surface area contributed by atoms with Crippen LogP contribution in [0.2, 0.25) is 0 Å². The molecular formula is C14H23NO5S. The largest absolute Gasteiger partial charge is 0.469 e. The molecule has 0 bridgehead atoms. The highest BCUT2D eigenvalue weighted by molar-refractivity contribution is 7.86. The zero-order valence-electron chi connectivity index (χ0n) is 12.6. The molecule has 1 saturated carbocycles. The summed E-state index contributed by atoms with van der Waals surface area (Å²) in [4.78, 5) is 25.4. The van der Waals surface area contributed by atoms with Crippen LogP contribution in [-0.2, 0) is 29.9 Å².